The molecule has 0 rings (SSSR count). The highest BCUT2D eigenvalue weighted by Crippen LogP contribution is 2.25. The Balaban J connectivity index is 4.01. The second kappa shape index (κ2) is 28.2. The van der Waals surface area contributed by atoms with Crippen LogP contribution in [0.1, 0.15) is 168 Å². The maximum atomic E-state index is 12.2. The highest BCUT2D eigenvalue weighted by atomic mass is 31.2. The Labute approximate surface area is 244 Å². The average molecular weight is 591 g/mol. The van der Waals surface area contributed by atoms with Crippen LogP contribution >= 0.6 is 7.82 Å². The van der Waals surface area contributed by atoms with Crippen LogP contribution in [0.3, 0.4) is 0 Å². The van der Waals surface area contributed by atoms with E-state index in [1.54, 1.807) is 0 Å². The Morgan fingerprint density at radius 2 is 0.900 bits per heavy atom. The second-order valence-electron chi connectivity index (χ2n) is 11.1. The third-order valence-electron chi connectivity index (χ3n) is 7.12. The van der Waals surface area contributed by atoms with Gasteiger partial charge in [-0.1, -0.05) is 142 Å². The van der Waals surface area contributed by atoms with Crippen molar-refractivity contribution in [3.05, 3.63) is 0 Å². The molecule has 9 heteroatoms. The van der Waals surface area contributed by atoms with E-state index in [2.05, 4.69) is 18.4 Å². The first kappa shape index (κ1) is 39.0. The Morgan fingerprint density at radius 3 is 1.27 bits per heavy atom. The minimum atomic E-state index is -5.23. The zero-order valence-corrected chi connectivity index (χ0v) is 26.6. The molecule has 0 aromatic rings. The van der Waals surface area contributed by atoms with Gasteiger partial charge in [0.15, 0.2) is 6.10 Å². The van der Waals surface area contributed by atoms with Crippen LogP contribution < -0.4 is 9.79 Å². The summed E-state index contributed by atoms with van der Waals surface area (Å²) in [6.45, 7) is 3.46. The molecule has 40 heavy (non-hydrogen) atoms. The fraction of sp³-hybridized carbons (Fsp3) is 0.935. The first-order valence-electron chi connectivity index (χ1n) is 16.3. The van der Waals surface area contributed by atoms with Crippen molar-refractivity contribution in [2.45, 2.75) is 174 Å². The third-order valence-corrected chi connectivity index (χ3v) is 7.58. The lowest BCUT2D eigenvalue weighted by atomic mass is 10.1. The van der Waals surface area contributed by atoms with E-state index in [1.165, 1.54) is 96.3 Å². The Kier molecular flexibility index (Phi) is 27.5. The van der Waals surface area contributed by atoms with Crippen LogP contribution in [0.15, 0.2) is 0 Å². The topological polar surface area (TPSA) is 125 Å². The number of carbonyl (C=O) groups excluding carboxylic acids is 2. The van der Waals surface area contributed by atoms with Crippen molar-refractivity contribution >= 4 is 19.8 Å². The minimum Gasteiger partial charge on any atom is -0.790 e. The van der Waals surface area contributed by atoms with Gasteiger partial charge < -0.3 is 28.3 Å². The summed E-state index contributed by atoms with van der Waals surface area (Å²) < 4.78 is 25.6. The molecule has 238 valence electrons. The van der Waals surface area contributed by atoms with Crippen LogP contribution in [0, 0.1) is 0 Å². The van der Waals surface area contributed by atoms with Gasteiger partial charge >= 0.3 is 11.9 Å². The number of hydrogen-bond acceptors (Lipinski definition) is 8. The Morgan fingerprint density at radius 1 is 0.550 bits per heavy atom. The molecule has 8 nitrogen and oxygen atoms in total. The highest BCUT2D eigenvalue weighted by Gasteiger charge is 2.18. The van der Waals surface area contributed by atoms with Gasteiger partial charge in [-0.2, -0.15) is 0 Å². The molecule has 0 aliphatic carbocycles. The lowest BCUT2D eigenvalue weighted by Gasteiger charge is -2.30. The summed E-state index contributed by atoms with van der Waals surface area (Å²) in [4.78, 5) is 46.1. The van der Waals surface area contributed by atoms with Crippen LogP contribution in [0.25, 0.3) is 0 Å². The molecule has 0 N–H and O–H groups in total. The number of phosphoric ester groups is 1. The summed E-state index contributed by atoms with van der Waals surface area (Å²) in [5.74, 6) is -0.952. The summed E-state index contributed by atoms with van der Waals surface area (Å²) in [6.07, 6.45) is 25.0. The molecule has 0 heterocycles. The summed E-state index contributed by atoms with van der Waals surface area (Å²) in [5, 5.41) is 0. The second-order valence-corrected chi connectivity index (χ2v) is 12.3. The Bertz CT molecular complexity index is 637. The molecular formula is C31H59O8P-2. The van der Waals surface area contributed by atoms with Crippen molar-refractivity contribution in [3.8, 4) is 0 Å². The van der Waals surface area contributed by atoms with Gasteiger partial charge in [-0.15, -0.1) is 0 Å². The van der Waals surface area contributed by atoms with Gasteiger partial charge in [0.05, 0.1) is 14.4 Å². The summed E-state index contributed by atoms with van der Waals surface area (Å²) >= 11 is 0. The normalized spacial score (nSPS) is 12.4. The van der Waals surface area contributed by atoms with Crippen LogP contribution in [0.2, 0.25) is 0 Å². The SMILES string of the molecule is CCCCCCCCCCCCCC(=O)OCC(COP(=O)([O-])[O-])OC(=O)CCCCCCCCCCCCC. The molecule has 0 aliphatic rings. The quantitative estimate of drug-likeness (QED) is 0.0473. The monoisotopic (exact) mass is 590 g/mol. The molecule has 1 atom stereocenters. The van der Waals surface area contributed by atoms with Crippen molar-refractivity contribution < 1.29 is 37.9 Å². The van der Waals surface area contributed by atoms with Crippen LogP contribution in [-0.4, -0.2) is 31.3 Å². The van der Waals surface area contributed by atoms with Gasteiger partial charge in [0.1, 0.15) is 6.61 Å². The van der Waals surface area contributed by atoms with Crippen LogP contribution in [0.4, 0.5) is 0 Å². The lowest BCUT2D eigenvalue weighted by Crippen LogP contribution is -2.31. The molecule has 0 bridgehead atoms. The Hall–Kier alpha value is -0.950. The largest absolute Gasteiger partial charge is 0.790 e. The molecule has 0 aromatic carbocycles. The molecule has 0 fully saturated rings. The van der Waals surface area contributed by atoms with Crippen molar-refractivity contribution in [1.82, 2.24) is 0 Å². The number of unbranched alkanes of at least 4 members (excludes halogenated alkanes) is 20. The van der Waals surface area contributed by atoms with E-state index < -0.39 is 32.5 Å². The number of rotatable bonds is 30. The van der Waals surface area contributed by atoms with E-state index in [1.807, 2.05) is 0 Å². The minimum absolute atomic E-state index is 0.187. The van der Waals surface area contributed by atoms with E-state index in [0.29, 0.717) is 12.8 Å². The highest BCUT2D eigenvalue weighted by molar-refractivity contribution is 7.43. The van der Waals surface area contributed by atoms with Gasteiger partial charge in [-0.05, 0) is 12.8 Å². The van der Waals surface area contributed by atoms with Gasteiger partial charge in [0, 0.05) is 12.8 Å². The number of hydrogen-bond donors (Lipinski definition) is 0. The van der Waals surface area contributed by atoms with Crippen LogP contribution in [-0.2, 0) is 28.2 Å². The first-order chi connectivity index (χ1) is 19.3. The number of phosphoric acid groups is 1. The molecule has 0 saturated heterocycles. The van der Waals surface area contributed by atoms with Crippen molar-refractivity contribution in [2.24, 2.45) is 0 Å². The van der Waals surface area contributed by atoms with E-state index in [9.17, 15) is 23.9 Å². The zero-order valence-electron chi connectivity index (χ0n) is 25.7. The molecule has 0 aliphatic heterocycles. The van der Waals surface area contributed by atoms with Gasteiger partial charge in [-0.3, -0.25) is 9.59 Å². The lowest BCUT2D eigenvalue weighted by molar-refractivity contribution is -0.343. The fourth-order valence-corrected chi connectivity index (χ4v) is 5.01. The number of ether oxygens (including phenoxy) is 2. The van der Waals surface area contributed by atoms with Crippen molar-refractivity contribution in [1.29, 1.82) is 0 Å². The number of esters is 2. The molecule has 1 unspecified atom stereocenters. The predicted molar refractivity (Wildman–Crippen MR) is 157 cm³/mol. The number of carbonyl (C=O) groups is 2. The van der Waals surface area contributed by atoms with E-state index in [4.69, 9.17) is 9.47 Å². The third kappa shape index (κ3) is 30.0. The summed E-state index contributed by atoms with van der Waals surface area (Å²) in [7, 11) is -5.23. The summed E-state index contributed by atoms with van der Waals surface area (Å²) in [5.41, 5.74) is 0. The van der Waals surface area contributed by atoms with Gasteiger partial charge in [-0.25, -0.2) is 0 Å². The van der Waals surface area contributed by atoms with E-state index >= 15 is 0 Å². The van der Waals surface area contributed by atoms with Crippen molar-refractivity contribution in [2.75, 3.05) is 13.2 Å². The maximum absolute atomic E-state index is 12.2. The molecule has 0 spiro atoms. The average Bonchev–Trinajstić information content (AvgIpc) is 2.91. The molecule has 0 saturated carbocycles. The summed E-state index contributed by atoms with van der Waals surface area (Å²) in [6, 6.07) is 0. The fourth-order valence-electron chi connectivity index (χ4n) is 4.66. The predicted octanol–water partition coefficient (Wildman–Crippen LogP) is 7.69. The van der Waals surface area contributed by atoms with E-state index in [-0.39, 0.29) is 19.4 Å². The maximum Gasteiger partial charge on any atom is 0.306 e. The van der Waals surface area contributed by atoms with Gasteiger partial charge in [0.25, 0.3) is 0 Å². The first-order valence-corrected chi connectivity index (χ1v) is 17.8. The van der Waals surface area contributed by atoms with Crippen molar-refractivity contribution in [3.63, 3.8) is 0 Å². The van der Waals surface area contributed by atoms with E-state index in [0.717, 1.165) is 32.1 Å². The standard InChI is InChI=1S/C31H61O8P/c1-3-5-7-9-11-13-15-17-19-21-23-25-30(32)37-27-29(28-38-40(34,35)36)39-31(33)26-24-22-20-18-16-14-12-10-8-6-4-2/h29H,3-28H2,1-2H3,(H2,34,35,36)/p-2. The molecule has 0 aromatic heterocycles. The molecule has 0 radical (unpaired) electrons. The van der Waals surface area contributed by atoms with Crippen LogP contribution in [0.5, 0.6) is 0 Å². The smallest absolute Gasteiger partial charge is 0.306 e. The molecular weight excluding hydrogens is 531 g/mol. The molecule has 0 amide bonds. The van der Waals surface area contributed by atoms with Gasteiger partial charge in [0.2, 0.25) is 0 Å². The zero-order chi connectivity index (χ0) is 29.7.